The van der Waals surface area contributed by atoms with E-state index >= 15 is 0 Å². The Bertz CT molecular complexity index is 1770. The molecule has 3 heterocycles. The Labute approximate surface area is 259 Å². The molecule has 2 aromatic carbocycles. The fourth-order valence-corrected chi connectivity index (χ4v) is 7.93. The van der Waals surface area contributed by atoms with Gasteiger partial charge in [0.15, 0.2) is 0 Å². The predicted octanol–water partition coefficient (Wildman–Crippen LogP) is 0.661. The molecule has 2 aromatic heterocycles. The van der Waals surface area contributed by atoms with Crippen LogP contribution in [-0.2, 0) is 26.1 Å². The van der Waals surface area contributed by atoms with Crippen molar-refractivity contribution in [3.05, 3.63) is 76.4 Å². The number of aliphatic carboxylic acids is 1. The van der Waals surface area contributed by atoms with Crippen LogP contribution in [0, 0.1) is 19.7 Å². The van der Waals surface area contributed by atoms with E-state index < -0.39 is 27.7 Å². The number of rotatable bonds is 7. The molecule has 0 amide bonds. The number of alkyl halides is 1. The number of benzene rings is 2. The van der Waals surface area contributed by atoms with Crippen molar-refractivity contribution in [2.45, 2.75) is 44.0 Å². The number of carboxylic acids is 1. The first-order valence-corrected chi connectivity index (χ1v) is 18.2. The number of sulfonamides is 1. The Morgan fingerprint density at radius 1 is 1.14 bits per heavy atom. The quantitative estimate of drug-likeness (QED) is 0.216. The SMILES string of the molecule is C[I-]n1nnc2c(C)c(C(CC(=O)O)c3ccc(C)c(CN4CCCOCCOc5ccc(F)cc5S4(=O)=O)n3)ccc21. The molecule has 4 aromatic rings. The van der Waals surface area contributed by atoms with Crippen LogP contribution in [0.2, 0.25) is 0 Å². The molecule has 0 saturated heterocycles. The molecule has 5 rings (SSSR count). The van der Waals surface area contributed by atoms with Crippen molar-refractivity contribution in [2.75, 3.05) is 31.3 Å². The molecular formula is C29H32FIN5O6S-. The van der Waals surface area contributed by atoms with Gasteiger partial charge >= 0.3 is 177 Å². The van der Waals surface area contributed by atoms with Crippen molar-refractivity contribution in [3.8, 4) is 5.75 Å². The summed E-state index contributed by atoms with van der Waals surface area (Å²) in [6.07, 6.45) is 0.185. The van der Waals surface area contributed by atoms with Crippen molar-refractivity contribution in [3.63, 3.8) is 0 Å². The van der Waals surface area contributed by atoms with E-state index in [9.17, 15) is 22.7 Å². The average Bonchev–Trinajstić information content (AvgIpc) is 3.39. The Morgan fingerprint density at radius 2 is 1.95 bits per heavy atom. The monoisotopic (exact) mass is 724 g/mol. The fraction of sp³-hybridized carbons (Fsp3) is 0.379. The summed E-state index contributed by atoms with van der Waals surface area (Å²) >= 11 is -0.359. The molecule has 0 spiro atoms. The van der Waals surface area contributed by atoms with E-state index in [2.05, 4.69) is 15.2 Å². The third kappa shape index (κ3) is 6.66. The molecule has 0 bridgehead atoms. The molecule has 43 heavy (non-hydrogen) atoms. The van der Waals surface area contributed by atoms with E-state index in [0.29, 0.717) is 29.9 Å². The molecule has 14 heteroatoms. The van der Waals surface area contributed by atoms with E-state index in [4.69, 9.17) is 14.5 Å². The zero-order valence-electron chi connectivity index (χ0n) is 24.0. The van der Waals surface area contributed by atoms with Crippen LogP contribution >= 0.6 is 0 Å². The molecule has 0 fully saturated rings. The summed E-state index contributed by atoms with van der Waals surface area (Å²) in [5.74, 6) is -2.26. The summed E-state index contributed by atoms with van der Waals surface area (Å²) in [4.78, 5) is 18.7. The molecule has 230 valence electrons. The molecular weight excluding hydrogens is 692 g/mol. The van der Waals surface area contributed by atoms with Crippen molar-refractivity contribution < 1.29 is 53.7 Å². The summed E-state index contributed by atoms with van der Waals surface area (Å²) < 4.78 is 56.5. The number of fused-ring (bicyclic) bond motifs is 2. The van der Waals surface area contributed by atoms with Crippen LogP contribution in [0.3, 0.4) is 0 Å². The molecule has 1 aliphatic heterocycles. The number of hydrogen-bond donors (Lipinski definition) is 1. The van der Waals surface area contributed by atoms with Crippen molar-refractivity contribution >= 4 is 27.0 Å². The summed E-state index contributed by atoms with van der Waals surface area (Å²) in [6.45, 7) is 4.43. The normalized spacial score (nSPS) is 16.7. The van der Waals surface area contributed by atoms with Gasteiger partial charge in [-0.25, -0.2) is 12.8 Å². The molecule has 0 aliphatic carbocycles. The van der Waals surface area contributed by atoms with E-state index in [0.717, 1.165) is 34.3 Å². The van der Waals surface area contributed by atoms with Gasteiger partial charge in [-0.3, -0.25) is 0 Å². The summed E-state index contributed by atoms with van der Waals surface area (Å²) in [5.41, 5.74) is 4.89. The van der Waals surface area contributed by atoms with Crippen LogP contribution in [0.4, 0.5) is 4.39 Å². The number of carbonyl (C=O) groups is 1. The first-order valence-electron chi connectivity index (χ1n) is 13.6. The Morgan fingerprint density at radius 3 is 2.72 bits per heavy atom. The molecule has 0 saturated carbocycles. The van der Waals surface area contributed by atoms with Gasteiger partial charge in [0.05, 0.1) is 6.61 Å². The number of aryl methyl sites for hydroxylation is 2. The zero-order valence-corrected chi connectivity index (χ0v) is 26.9. The topological polar surface area (TPSA) is 137 Å². The molecule has 1 aliphatic rings. The van der Waals surface area contributed by atoms with Gasteiger partial charge in [0.25, 0.3) is 0 Å². The van der Waals surface area contributed by atoms with E-state index in [1.54, 1.807) is 6.07 Å². The van der Waals surface area contributed by atoms with Crippen LogP contribution in [0.15, 0.2) is 47.4 Å². The average molecular weight is 725 g/mol. The van der Waals surface area contributed by atoms with Crippen LogP contribution in [0.1, 0.15) is 46.8 Å². The maximum atomic E-state index is 14.3. The molecule has 1 unspecified atom stereocenters. The number of carboxylic acid groups (broad SMARTS) is 1. The second-order valence-corrected chi connectivity index (χ2v) is 13.9. The van der Waals surface area contributed by atoms with Crippen LogP contribution < -0.4 is 26.2 Å². The van der Waals surface area contributed by atoms with Gasteiger partial charge < -0.3 is 9.47 Å². The van der Waals surface area contributed by atoms with Crippen LogP contribution in [-0.4, -0.2) is 73.3 Å². The van der Waals surface area contributed by atoms with Crippen molar-refractivity contribution in [2.24, 2.45) is 0 Å². The predicted molar refractivity (Wildman–Crippen MR) is 152 cm³/mol. The van der Waals surface area contributed by atoms with Gasteiger partial charge in [-0.1, -0.05) is 0 Å². The second-order valence-electron chi connectivity index (χ2n) is 10.2. The second kappa shape index (κ2) is 13.2. The van der Waals surface area contributed by atoms with Crippen molar-refractivity contribution in [1.29, 1.82) is 0 Å². The van der Waals surface area contributed by atoms with Gasteiger partial charge in [0, 0.05) is 6.61 Å². The standard InChI is InChI=1S/C29H32FIN5O6S/c1-18-5-8-23(22(16-28(37)38)21-7-9-25-29(19(21)2)33-34-36(25)31-3)32-24(18)17-35-11-4-12-41-13-14-42-26-10-6-20(30)15-27(26)43(35,39)40/h5-10,15,22H,4,11-14,16-17H2,1-3H3,(H,37,38)/q-1. The Hall–Kier alpha value is -3.21. The molecule has 1 atom stereocenters. The Balaban J connectivity index is 1.55. The molecule has 0 radical (unpaired) electrons. The number of pyridine rings is 1. The summed E-state index contributed by atoms with van der Waals surface area (Å²) in [6, 6.07) is 10.8. The first-order chi connectivity index (χ1) is 20.6. The van der Waals surface area contributed by atoms with E-state index in [1.165, 1.54) is 10.4 Å². The molecule has 1 N–H and O–H groups in total. The Kier molecular flexibility index (Phi) is 9.58. The number of hydrogen-bond acceptors (Lipinski definition) is 8. The van der Waals surface area contributed by atoms with Gasteiger partial charge in [-0.2, -0.15) is 0 Å². The van der Waals surface area contributed by atoms with Gasteiger partial charge in [0.1, 0.15) is 23.1 Å². The number of halogens is 2. The van der Waals surface area contributed by atoms with Gasteiger partial charge in [-0.05, 0) is 24.6 Å². The maximum absolute atomic E-state index is 14.3. The van der Waals surface area contributed by atoms with Gasteiger partial charge in [-0.15, -0.1) is 0 Å². The van der Waals surface area contributed by atoms with Crippen LogP contribution in [0.5, 0.6) is 5.75 Å². The first kappa shape index (κ1) is 31.2. The summed E-state index contributed by atoms with van der Waals surface area (Å²) in [5, 5.41) is 18.4. The van der Waals surface area contributed by atoms with E-state index in [1.807, 2.05) is 34.9 Å². The fourth-order valence-electron chi connectivity index (χ4n) is 5.15. The van der Waals surface area contributed by atoms with E-state index in [-0.39, 0.29) is 64.8 Å². The zero-order chi connectivity index (χ0) is 30.7. The minimum absolute atomic E-state index is 0.0461. The minimum atomic E-state index is -4.21. The van der Waals surface area contributed by atoms with Crippen LogP contribution in [0.25, 0.3) is 11.0 Å². The molecule has 11 nitrogen and oxygen atoms in total. The summed E-state index contributed by atoms with van der Waals surface area (Å²) in [7, 11) is -4.21. The number of nitrogens with zero attached hydrogens (tertiary/aromatic N) is 5. The number of aromatic nitrogens is 4. The third-order valence-corrected chi connectivity index (χ3v) is 10.9. The third-order valence-electron chi connectivity index (χ3n) is 7.40. The van der Waals surface area contributed by atoms with Crippen molar-refractivity contribution in [1.82, 2.24) is 22.5 Å². The van der Waals surface area contributed by atoms with Gasteiger partial charge in [0.2, 0.25) is 0 Å². The number of ether oxygens (including phenoxy) is 2.